The van der Waals surface area contributed by atoms with Crippen LogP contribution in [0, 0.1) is 29.1 Å². The summed E-state index contributed by atoms with van der Waals surface area (Å²) in [6.07, 6.45) is 14.4. The molecule has 5 fully saturated rings. The van der Waals surface area contributed by atoms with Crippen LogP contribution in [0.1, 0.15) is 70.3 Å². The molecule has 1 heterocycles. The van der Waals surface area contributed by atoms with Gasteiger partial charge >= 0.3 is 0 Å². The van der Waals surface area contributed by atoms with E-state index in [-0.39, 0.29) is 17.7 Å². The molecule has 4 aliphatic carbocycles. The van der Waals surface area contributed by atoms with Crippen molar-refractivity contribution in [3.63, 3.8) is 0 Å². The third-order valence-electron chi connectivity index (χ3n) is 8.94. The van der Waals surface area contributed by atoms with Gasteiger partial charge in [0.1, 0.15) is 0 Å². The number of benzene rings is 1. The Bertz CT molecular complexity index is 818. The van der Waals surface area contributed by atoms with Crippen LogP contribution in [-0.4, -0.2) is 35.8 Å². The summed E-state index contributed by atoms with van der Waals surface area (Å²) >= 11 is 0. The fourth-order valence-electron chi connectivity index (χ4n) is 7.78. The van der Waals surface area contributed by atoms with Crippen LogP contribution in [0.3, 0.4) is 0 Å². The third-order valence-corrected chi connectivity index (χ3v) is 8.94. The molecule has 4 nitrogen and oxygen atoms in total. The molecular weight excluding hydrogens is 396 g/mol. The van der Waals surface area contributed by atoms with Crippen molar-refractivity contribution in [3.8, 4) is 0 Å². The van der Waals surface area contributed by atoms with Crippen LogP contribution >= 0.6 is 0 Å². The lowest BCUT2D eigenvalue weighted by atomic mass is 9.47. The minimum absolute atomic E-state index is 0.0418. The molecule has 172 valence electrons. The highest BCUT2D eigenvalue weighted by Gasteiger charge is 2.54. The van der Waals surface area contributed by atoms with E-state index in [1.165, 1.54) is 38.5 Å². The van der Waals surface area contributed by atoms with Gasteiger partial charge in [0, 0.05) is 31.1 Å². The number of likely N-dealkylation sites (tertiary alicyclic amines) is 1. The Hall–Kier alpha value is -2.10. The highest BCUT2D eigenvalue weighted by atomic mass is 16.2. The van der Waals surface area contributed by atoms with Gasteiger partial charge in [-0.1, -0.05) is 37.3 Å². The first-order chi connectivity index (χ1) is 15.5. The molecule has 1 saturated heterocycles. The monoisotopic (exact) mass is 434 g/mol. The van der Waals surface area contributed by atoms with Gasteiger partial charge in [0.05, 0.1) is 0 Å². The Morgan fingerprint density at radius 2 is 1.62 bits per heavy atom. The lowest BCUT2D eigenvalue weighted by Crippen LogP contribution is -2.57. The van der Waals surface area contributed by atoms with Crippen LogP contribution in [0.25, 0.3) is 6.08 Å². The first-order valence-corrected chi connectivity index (χ1v) is 12.9. The summed E-state index contributed by atoms with van der Waals surface area (Å²) in [5.74, 6) is 3.05. The van der Waals surface area contributed by atoms with E-state index in [1.54, 1.807) is 6.08 Å². The van der Waals surface area contributed by atoms with Crippen molar-refractivity contribution in [3.05, 3.63) is 42.0 Å². The molecule has 6 rings (SSSR count). The Labute approximate surface area is 192 Å². The molecule has 1 aliphatic heterocycles. The summed E-state index contributed by atoms with van der Waals surface area (Å²) in [6.45, 7) is 3.60. The zero-order valence-corrected chi connectivity index (χ0v) is 19.5. The van der Waals surface area contributed by atoms with Gasteiger partial charge in [0.25, 0.3) is 0 Å². The predicted molar refractivity (Wildman–Crippen MR) is 128 cm³/mol. The largest absolute Gasteiger partial charge is 0.353 e. The third kappa shape index (κ3) is 4.38. The van der Waals surface area contributed by atoms with Crippen molar-refractivity contribution in [1.82, 2.24) is 10.2 Å². The van der Waals surface area contributed by atoms with Gasteiger partial charge in [-0.25, -0.2) is 0 Å². The number of hydrogen-bond donors (Lipinski definition) is 1. The average Bonchev–Trinajstić information content (AvgIpc) is 2.80. The Morgan fingerprint density at radius 3 is 2.19 bits per heavy atom. The number of hydrogen-bond acceptors (Lipinski definition) is 2. The fraction of sp³-hybridized carbons (Fsp3) is 0.643. The quantitative estimate of drug-likeness (QED) is 0.637. The van der Waals surface area contributed by atoms with E-state index in [9.17, 15) is 9.59 Å². The molecule has 1 atom stereocenters. The molecule has 0 radical (unpaired) electrons. The standard InChI is InChI=1S/C28H38N2O2/c1-2-25(28-17-21-14-22(18-28)16-23(15-21)19-28)29-27(32)24-10-12-30(13-11-24)26(31)9-8-20-6-4-3-5-7-20/h3-9,21-25H,2,10-19H2,1H3,(H,29,32)/b9-8-/t21?,22?,23?,25-,28?/m1/s1. The van der Waals surface area contributed by atoms with Gasteiger partial charge in [0.2, 0.25) is 11.8 Å². The van der Waals surface area contributed by atoms with Crippen molar-refractivity contribution in [2.45, 2.75) is 70.8 Å². The van der Waals surface area contributed by atoms with Gasteiger partial charge in [-0.2, -0.15) is 0 Å². The molecule has 5 aliphatic rings. The molecule has 0 spiro atoms. The molecule has 1 aromatic carbocycles. The maximum absolute atomic E-state index is 13.2. The highest BCUT2D eigenvalue weighted by Crippen LogP contribution is 2.61. The molecule has 32 heavy (non-hydrogen) atoms. The first kappa shape index (κ1) is 21.7. The smallest absolute Gasteiger partial charge is 0.246 e. The van der Waals surface area contributed by atoms with Crippen molar-refractivity contribution < 1.29 is 9.59 Å². The molecule has 1 aromatic rings. The van der Waals surface area contributed by atoms with Crippen LogP contribution in [-0.2, 0) is 9.59 Å². The fourth-order valence-corrected chi connectivity index (χ4v) is 7.78. The SMILES string of the molecule is CC[C@@H](NC(=O)C1CCN(C(=O)/C=C\c2ccccc2)CC1)C12CC3CC(CC(C3)C1)C2. The van der Waals surface area contributed by atoms with E-state index in [1.807, 2.05) is 41.3 Å². The van der Waals surface area contributed by atoms with E-state index >= 15 is 0 Å². The molecule has 4 saturated carbocycles. The molecular formula is C28H38N2O2. The van der Waals surface area contributed by atoms with E-state index < -0.39 is 0 Å². The average molecular weight is 435 g/mol. The van der Waals surface area contributed by atoms with Gasteiger partial charge in [-0.05, 0) is 92.6 Å². The van der Waals surface area contributed by atoms with E-state index in [4.69, 9.17) is 0 Å². The number of nitrogens with zero attached hydrogens (tertiary/aromatic N) is 1. The number of nitrogens with one attached hydrogen (secondary N) is 1. The van der Waals surface area contributed by atoms with Crippen molar-refractivity contribution in [1.29, 1.82) is 0 Å². The van der Waals surface area contributed by atoms with Crippen molar-refractivity contribution >= 4 is 17.9 Å². The van der Waals surface area contributed by atoms with Gasteiger partial charge in [0.15, 0.2) is 0 Å². The number of carbonyl (C=O) groups excluding carboxylic acids is 2. The summed E-state index contributed by atoms with van der Waals surface area (Å²) in [5.41, 5.74) is 1.39. The zero-order chi connectivity index (χ0) is 22.1. The lowest BCUT2D eigenvalue weighted by molar-refractivity contribution is -0.135. The molecule has 4 heteroatoms. The van der Waals surface area contributed by atoms with Crippen LogP contribution in [0.15, 0.2) is 36.4 Å². The molecule has 2 amide bonds. The summed E-state index contributed by atoms with van der Waals surface area (Å²) in [7, 11) is 0. The molecule has 4 bridgehead atoms. The Balaban J connectivity index is 1.14. The summed E-state index contributed by atoms with van der Waals surface area (Å²) in [5, 5.41) is 3.53. The maximum Gasteiger partial charge on any atom is 0.246 e. The highest BCUT2D eigenvalue weighted by molar-refractivity contribution is 5.92. The maximum atomic E-state index is 13.2. The van der Waals surface area contributed by atoms with Crippen molar-refractivity contribution in [2.75, 3.05) is 13.1 Å². The van der Waals surface area contributed by atoms with Gasteiger partial charge in [-0.3, -0.25) is 9.59 Å². The second kappa shape index (κ2) is 9.03. The van der Waals surface area contributed by atoms with Gasteiger partial charge in [-0.15, -0.1) is 0 Å². The van der Waals surface area contributed by atoms with Crippen LogP contribution < -0.4 is 5.32 Å². The predicted octanol–water partition coefficient (Wildman–Crippen LogP) is 5.05. The van der Waals surface area contributed by atoms with Gasteiger partial charge < -0.3 is 10.2 Å². The summed E-state index contributed by atoms with van der Waals surface area (Å²) in [4.78, 5) is 27.7. The van der Waals surface area contributed by atoms with Crippen LogP contribution in [0.5, 0.6) is 0 Å². The minimum atomic E-state index is 0.0418. The zero-order valence-electron chi connectivity index (χ0n) is 19.5. The summed E-state index contributed by atoms with van der Waals surface area (Å²) in [6, 6.07) is 10.2. The van der Waals surface area contributed by atoms with Crippen molar-refractivity contribution in [2.24, 2.45) is 29.1 Å². The Kier molecular flexibility index (Phi) is 6.14. The first-order valence-electron chi connectivity index (χ1n) is 12.9. The number of amides is 2. The van der Waals surface area contributed by atoms with Crippen LogP contribution in [0.2, 0.25) is 0 Å². The molecule has 0 aromatic heterocycles. The minimum Gasteiger partial charge on any atom is -0.353 e. The Morgan fingerprint density at radius 1 is 1.03 bits per heavy atom. The number of carbonyl (C=O) groups is 2. The van der Waals surface area contributed by atoms with E-state index in [0.29, 0.717) is 24.5 Å². The summed E-state index contributed by atoms with van der Waals surface area (Å²) < 4.78 is 0. The van der Waals surface area contributed by atoms with Crippen LogP contribution in [0.4, 0.5) is 0 Å². The van der Waals surface area contributed by atoms with E-state index in [0.717, 1.165) is 42.6 Å². The second-order valence-electron chi connectivity index (χ2n) is 11.1. The molecule has 1 N–H and O–H groups in total. The van der Waals surface area contributed by atoms with E-state index in [2.05, 4.69) is 12.2 Å². The number of piperidine rings is 1. The molecule has 0 unspecified atom stereocenters. The normalized spacial score (nSPS) is 32.9. The lowest BCUT2D eigenvalue weighted by Gasteiger charge is -2.59. The second-order valence-corrected chi connectivity index (χ2v) is 11.1. The topological polar surface area (TPSA) is 49.4 Å². The number of rotatable bonds is 6.